The van der Waals surface area contributed by atoms with Gasteiger partial charge in [0.05, 0.1) is 22.7 Å². The van der Waals surface area contributed by atoms with Crippen molar-refractivity contribution in [1.29, 1.82) is 0 Å². The molecule has 0 spiro atoms. The van der Waals surface area contributed by atoms with E-state index in [-0.39, 0.29) is 29.6 Å². The lowest BCUT2D eigenvalue weighted by molar-refractivity contribution is -0.384. The molecule has 28 heavy (non-hydrogen) atoms. The largest absolute Gasteiger partial charge is 0.371 e. The predicted octanol–water partition coefficient (Wildman–Crippen LogP) is 2.77. The number of hydrogen-bond donors (Lipinski definition) is 0. The maximum absolute atomic E-state index is 13.1. The molecule has 0 saturated carbocycles. The van der Waals surface area contributed by atoms with Gasteiger partial charge in [0.15, 0.2) is 0 Å². The number of nitro benzene ring substituents is 1. The smallest absolute Gasteiger partial charge is 0.270 e. The standard InChI is InChI=1S/C20H30N4O4/c1-5-22(6-2)19(25)14-21(4)20(26)17-13-16(24(27)28)7-8-18(17)23-11-9-15(3)10-12-23/h7-8,13,15H,5-6,9-12,14H2,1-4H3. The van der Waals surface area contributed by atoms with Crippen molar-refractivity contribution in [3.05, 3.63) is 33.9 Å². The van der Waals surface area contributed by atoms with Gasteiger partial charge in [-0.1, -0.05) is 6.92 Å². The monoisotopic (exact) mass is 390 g/mol. The minimum absolute atomic E-state index is 0.0559. The van der Waals surface area contributed by atoms with Gasteiger partial charge in [-0.25, -0.2) is 0 Å². The van der Waals surface area contributed by atoms with Crippen LogP contribution in [0.15, 0.2) is 18.2 Å². The lowest BCUT2D eigenvalue weighted by Gasteiger charge is -2.33. The molecule has 2 rings (SSSR count). The number of amides is 2. The molecule has 1 aliphatic rings. The second-order valence-corrected chi connectivity index (χ2v) is 7.36. The molecule has 1 aromatic rings. The first kappa shape index (κ1) is 21.7. The van der Waals surface area contributed by atoms with E-state index >= 15 is 0 Å². The molecule has 1 fully saturated rings. The summed E-state index contributed by atoms with van der Waals surface area (Å²) in [5.74, 6) is 0.111. The van der Waals surface area contributed by atoms with Crippen molar-refractivity contribution in [2.24, 2.45) is 5.92 Å². The molecule has 0 unspecified atom stereocenters. The molecule has 1 aliphatic heterocycles. The van der Waals surface area contributed by atoms with Crippen LogP contribution in [0.1, 0.15) is 44.0 Å². The Kier molecular flexibility index (Phi) is 7.37. The molecule has 1 aromatic carbocycles. The van der Waals surface area contributed by atoms with E-state index in [1.165, 1.54) is 17.0 Å². The molecule has 8 heteroatoms. The van der Waals surface area contributed by atoms with Crippen LogP contribution in [0.25, 0.3) is 0 Å². The van der Waals surface area contributed by atoms with Crippen LogP contribution in [0.4, 0.5) is 11.4 Å². The minimum atomic E-state index is -0.500. The Morgan fingerprint density at radius 1 is 1.21 bits per heavy atom. The third-order valence-electron chi connectivity index (χ3n) is 5.38. The Balaban J connectivity index is 2.29. The summed E-state index contributed by atoms with van der Waals surface area (Å²) in [7, 11) is 1.56. The van der Waals surface area contributed by atoms with Gasteiger partial charge in [-0.2, -0.15) is 0 Å². The quantitative estimate of drug-likeness (QED) is 0.528. The molecule has 0 aromatic heterocycles. The van der Waals surface area contributed by atoms with E-state index in [9.17, 15) is 19.7 Å². The van der Waals surface area contributed by atoms with E-state index in [0.717, 1.165) is 25.9 Å². The van der Waals surface area contributed by atoms with E-state index in [1.807, 2.05) is 13.8 Å². The lowest BCUT2D eigenvalue weighted by Crippen LogP contribution is -2.41. The van der Waals surface area contributed by atoms with E-state index in [0.29, 0.717) is 24.7 Å². The topological polar surface area (TPSA) is 87.0 Å². The molecular formula is C20H30N4O4. The number of benzene rings is 1. The highest BCUT2D eigenvalue weighted by Crippen LogP contribution is 2.30. The number of anilines is 1. The number of rotatable bonds is 7. The number of piperidine rings is 1. The normalized spacial score (nSPS) is 14.6. The van der Waals surface area contributed by atoms with Crippen LogP contribution in [0, 0.1) is 16.0 Å². The molecule has 2 amide bonds. The summed E-state index contributed by atoms with van der Waals surface area (Å²) in [6.07, 6.45) is 2.03. The summed E-state index contributed by atoms with van der Waals surface area (Å²) in [4.78, 5) is 41.3. The maximum Gasteiger partial charge on any atom is 0.270 e. The van der Waals surface area contributed by atoms with Gasteiger partial charge >= 0.3 is 0 Å². The summed E-state index contributed by atoms with van der Waals surface area (Å²) < 4.78 is 0. The fourth-order valence-corrected chi connectivity index (χ4v) is 3.49. The molecule has 0 radical (unpaired) electrons. The van der Waals surface area contributed by atoms with Crippen LogP contribution in [-0.4, -0.2) is 66.3 Å². The molecule has 0 aliphatic carbocycles. The molecule has 1 saturated heterocycles. The van der Waals surface area contributed by atoms with Crippen LogP contribution in [0.2, 0.25) is 0 Å². The van der Waals surface area contributed by atoms with Crippen LogP contribution in [0.5, 0.6) is 0 Å². The second kappa shape index (κ2) is 9.52. The van der Waals surface area contributed by atoms with Gasteiger partial charge in [0, 0.05) is 45.4 Å². The summed E-state index contributed by atoms with van der Waals surface area (Å²) >= 11 is 0. The van der Waals surface area contributed by atoms with Gasteiger partial charge in [-0.15, -0.1) is 0 Å². The van der Waals surface area contributed by atoms with Crippen LogP contribution >= 0.6 is 0 Å². The first-order valence-electron chi connectivity index (χ1n) is 9.85. The van der Waals surface area contributed by atoms with Gasteiger partial charge in [0.25, 0.3) is 11.6 Å². The molecule has 0 atom stereocenters. The number of hydrogen-bond acceptors (Lipinski definition) is 5. The van der Waals surface area contributed by atoms with E-state index in [4.69, 9.17) is 0 Å². The molecular weight excluding hydrogens is 360 g/mol. The Morgan fingerprint density at radius 2 is 1.82 bits per heavy atom. The number of likely N-dealkylation sites (N-methyl/N-ethyl adjacent to an activating group) is 2. The molecule has 8 nitrogen and oxygen atoms in total. The number of nitro groups is 1. The highest BCUT2D eigenvalue weighted by Gasteiger charge is 2.26. The highest BCUT2D eigenvalue weighted by atomic mass is 16.6. The average molecular weight is 390 g/mol. The van der Waals surface area contributed by atoms with Crippen LogP contribution in [-0.2, 0) is 4.79 Å². The zero-order chi connectivity index (χ0) is 20.8. The molecule has 1 heterocycles. The number of carbonyl (C=O) groups excluding carboxylic acids is 2. The van der Waals surface area contributed by atoms with Crippen molar-refractivity contribution >= 4 is 23.2 Å². The Labute approximate surface area is 166 Å². The predicted molar refractivity (Wildman–Crippen MR) is 109 cm³/mol. The zero-order valence-electron chi connectivity index (χ0n) is 17.2. The van der Waals surface area contributed by atoms with Crippen molar-refractivity contribution in [3.8, 4) is 0 Å². The highest BCUT2D eigenvalue weighted by molar-refractivity contribution is 6.01. The number of nitrogens with zero attached hydrogens (tertiary/aromatic N) is 4. The first-order valence-corrected chi connectivity index (χ1v) is 9.85. The van der Waals surface area contributed by atoms with Gasteiger partial charge < -0.3 is 14.7 Å². The third kappa shape index (κ3) is 4.99. The van der Waals surface area contributed by atoms with Gasteiger partial charge in [0.2, 0.25) is 5.91 Å². The maximum atomic E-state index is 13.1. The average Bonchev–Trinajstić information content (AvgIpc) is 2.68. The fourth-order valence-electron chi connectivity index (χ4n) is 3.49. The SMILES string of the molecule is CCN(CC)C(=O)CN(C)C(=O)c1cc([N+](=O)[O-])ccc1N1CCC(C)CC1. The van der Waals surface area contributed by atoms with E-state index in [2.05, 4.69) is 11.8 Å². The Morgan fingerprint density at radius 3 is 2.36 bits per heavy atom. The van der Waals surface area contributed by atoms with Gasteiger partial charge in [-0.3, -0.25) is 19.7 Å². The Hall–Kier alpha value is -2.64. The van der Waals surface area contributed by atoms with E-state index < -0.39 is 4.92 Å². The number of non-ortho nitro benzene ring substituents is 1. The van der Waals surface area contributed by atoms with E-state index in [1.54, 1.807) is 18.0 Å². The minimum Gasteiger partial charge on any atom is -0.371 e. The summed E-state index contributed by atoms with van der Waals surface area (Å²) in [5.41, 5.74) is 0.851. The van der Waals surface area contributed by atoms with Crippen molar-refractivity contribution in [3.63, 3.8) is 0 Å². The Bertz CT molecular complexity index is 725. The fraction of sp³-hybridized carbons (Fsp3) is 0.600. The molecule has 154 valence electrons. The molecule has 0 bridgehead atoms. The van der Waals surface area contributed by atoms with Crippen molar-refractivity contribution < 1.29 is 14.5 Å². The zero-order valence-corrected chi connectivity index (χ0v) is 17.2. The van der Waals surface area contributed by atoms with Crippen molar-refractivity contribution in [1.82, 2.24) is 9.80 Å². The van der Waals surface area contributed by atoms with Gasteiger partial charge in [0.1, 0.15) is 0 Å². The first-order chi connectivity index (χ1) is 13.3. The van der Waals surface area contributed by atoms with Crippen LogP contribution < -0.4 is 4.90 Å². The van der Waals surface area contributed by atoms with Crippen molar-refractivity contribution in [2.75, 3.05) is 44.7 Å². The summed E-state index contributed by atoms with van der Waals surface area (Å²) in [6.45, 7) is 8.68. The van der Waals surface area contributed by atoms with Crippen molar-refractivity contribution in [2.45, 2.75) is 33.6 Å². The lowest BCUT2D eigenvalue weighted by atomic mass is 9.97. The third-order valence-corrected chi connectivity index (χ3v) is 5.38. The van der Waals surface area contributed by atoms with Gasteiger partial charge in [-0.05, 0) is 38.7 Å². The summed E-state index contributed by atoms with van der Waals surface area (Å²) in [6, 6.07) is 4.42. The second-order valence-electron chi connectivity index (χ2n) is 7.36. The summed E-state index contributed by atoms with van der Waals surface area (Å²) in [5, 5.41) is 11.2. The van der Waals surface area contributed by atoms with Crippen LogP contribution in [0.3, 0.4) is 0 Å². The number of carbonyl (C=O) groups is 2. The molecule has 0 N–H and O–H groups in total.